The fourth-order valence-electron chi connectivity index (χ4n) is 5.51. The normalized spacial score (nSPS) is 11.8. The average Bonchev–Trinajstić information content (AvgIpc) is 3.52. The van der Waals surface area contributed by atoms with Gasteiger partial charge in [-0.05, 0) is 60.0 Å². The summed E-state index contributed by atoms with van der Waals surface area (Å²) in [4.78, 5) is 2.32. The molecular formula is C34H21NOS. The molecule has 6 aromatic carbocycles. The van der Waals surface area contributed by atoms with Gasteiger partial charge in [-0.2, -0.15) is 0 Å². The molecule has 2 nitrogen and oxygen atoms in total. The van der Waals surface area contributed by atoms with Crippen molar-refractivity contribution in [2.45, 2.75) is 0 Å². The molecule has 0 fully saturated rings. The van der Waals surface area contributed by atoms with Crippen LogP contribution in [0.15, 0.2) is 132 Å². The number of benzene rings is 6. The van der Waals surface area contributed by atoms with Crippen LogP contribution >= 0.6 is 11.3 Å². The molecule has 3 heteroatoms. The molecule has 2 aromatic heterocycles. The monoisotopic (exact) mass is 491 g/mol. The van der Waals surface area contributed by atoms with Gasteiger partial charge in [-0.1, -0.05) is 66.7 Å². The van der Waals surface area contributed by atoms with Gasteiger partial charge in [-0.3, -0.25) is 0 Å². The van der Waals surface area contributed by atoms with E-state index >= 15 is 0 Å². The molecule has 0 N–H and O–H groups in total. The number of hydrogen-bond acceptors (Lipinski definition) is 3. The summed E-state index contributed by atoms with van der Waals surface area (Å²) in [6.45, 7) is 0. The summed E-state index contributed by atoms with van der Waals surface area (Å²) in [6, 6.07) is 45.3. The Morgan fingerprint density at radius 3 is 2.08 bits per heavy atom. The number of nitrogens with zero attached hydrogens (tertiary/aromatic N) is 1. The van der Waals surface area contributed by atoms with Crippen molar-refractivity contribution >= 4 is 81.3 Å². The summed E-state index contributed by atoms with van der Waals surface area (Å²) < 4.78 is 9.14. The zero-order valence-electron chi connectivity index (χ0n) is 19.9. The van der Waals surface area contributed by atoms with E-state index in [1.807, 2.05) is 11.3 Å². The van der Waals surface area contributed by atoms with Gasteiger partial charge in [0.2, 0.25) is 0 Å². The van der Waals surface area contributed by atoms with Crippen molar-refractivity contribution in [3.63, 3.8) is 0 Å². The first kappa shape index (κ1) is 20.6. The van der Waals surface area contributed by atoms with Crippen molar-refractivity contribution in [1.29, 1.82) is 0 Å². The number of para-hydroxylation sites is 1. The molecule has 8 rings (SSSR count). The van der Waals surface area contributed by atoms with E-state index in [9.17, 15) is 0 Å². The second-order valence-electron chi connectivity index (χ2n) is 9.40. The quantitative estimate of drug-likeness (QED) is 0.244. The summed E-state index contributed by atoms with van der Waals surface area (Å²) in [7, 11) is 0. The van der Waals surface area contributed by atoms with E-state index in [1.54, 1.807) is 0 Å². The van der Waals surface area contributed by atoms with Crippen molar-refractivity contribution in [1.82, 2.24) is 0 Å². The predicted octanol–water partition coefficient (Wildman–Crippen LogP) is 10.6. The maximum atomic E-state index is 6.52. The number of rotatable bonds is 3. The highest BCUT2D eigenvalue weighted by molar-refractivity contribution is 7.25. The molecule has 0 bridgehead atoms. The fourth-order valence-corrected chi connectivity index (χ4v) is 6.60. The Labute approximate surface area is 217 Å². The Kier molecular flexibility index (Phi) is 4.42. The molecule has 0 unspecified atom stereocenters. The minimum atomic E-state index is 0.895. The maximum Gasteiger partial charge on any atom is 0.143 e. The number of thiophene rings is 1. The molecule has 2 heterocycles. The van der Waals surface area contributed by atoms with Crippen LogP contribution in [0.1, 0.15) is 0 Å². The molecule has 0 atom stereocenters. The molecule has 0 radical (unpaired) electrons. The Balaban J connectivity index is 1.36. The van der Waals surface area contributed by atoms with Crippen LogP contribution in [0.3, 0.4) is 0 Å². The molecule has 0 aliphatic heterocycles. The van der Waals surface area contributed by atoms with E-state index in [0.717, 1.165) is 44.4 Å². The van der Waals surface area contributed by atoms with E-state index in [-0.39, 0.29) is 0 Å². The van der Waals surface area contributed by atoms with Gasteiger partial charge in [0.15, 0.2) is 0 Å². The van der Waals surface area contributed by atoms with Gasteiger partial charge in [-0.25, -0.2) is 0 Å². The minimum absolute atomic E-state index is 0.895. The van der Waals surface area contributed by atoms with E-state index in [1.165, 1.54) is 25.6 Å². The lowest BCUT2D eigenvalue weighted by atomic mass is 10.1. The Morgan fingerprint density at radius 1 is 0.459 bits per heavy atom. The van der Waals surface area contributed by atoms with Crippen LogP contribution in [0, 0.1) is 0 Å². The van der Waals surface area contributed by atoms with Crippen molar-refractivity contribution in [2.75, 3.05) is 4.90 Å². The van der Waals surface area contributed by atoms with E-state index < -0.39 is 0 Å². The van der Waals surface area contributed by atoms with Crippen LogP contribution in [0.5, 0.6) is 0 Å². The molecule has 0 amide bonds. The SMILES string of the molecule is c1ccc(N(c2ccc3c(c2)oc2c4ccccc4ccc32)c2ccc3sc4ccccc4c3c2)cc1. The summed E-state index contributed by atoms with van der Waals surface area (Å²) in [5.41, 5.74) is 5.15. The molecule has 0 saturated heterocycles. The topological polar surface area (TPSA) is 16.4 Å². The first-order valence-corrected chi connectivity index (χ1v) is 13.3. The number of furan rings is 1. The third kappa shape index (κ3) is 3.18. The van der Waals surface area contributed by atoms with Crippen LogP contribution in [-0.4, -0.2) is 0 Å². The van der Waals surface area contributed by atoms with Gasteiger partial charge in [0, 0.05) is 59.5 Å². The van der Waals surface area contributed by atoms with Gasteiger partial charge in [0.05, 0.1) is 0 Å². The summed E-state index contributed by atoms with van der Waals surface area (Å²) in [6.07, 6.45) is 0. The van der Waals surface area contributed by atoms with Crippen molar-refractivity contribution in [3.05, 3.63) is 127 Å². The lowest BCUT2D eigenvalue weighted by Crippen LogP contribution is -2.09. The molecular weight excluding hydrogens is 470 g/mol. The second kappa shape index (κ2) is 7.95. The van der Waals surface area contributed by atoms with Crippen LogP contribution in [-0.2, 0) is 0 Å². The highest BCUT2D eigenvalue weighted by atomic mass is 32.1. The average molecular weight is 492 g/mol. The predicted molar refractivity (Wildman–Crippen MR) is 159 cm³/mol. The molecule has 174 valence electrons. The molecule has 0 saturated carbocycles. The molecule has 0 aliphatic carbocycles. The van der Waals surface area contributed by atoms with Gasteiger partial charge < -0.3 is 9.32 Å². The van der Waals surface area contributed by atoms with Crippen LogP contribution in [0.4, 0.5) is 17.1 Å². The Hall–Kier alpha value is -4.60. The van der Waals surface area contributed by atoms with Gasteiger partial charge >= 0.3 is 0 Å². The minimum Gasteiger partial charge on any atom is -0.455 e. The Bertz CT molecular complexity index is 2100. The first-order valence-electron chi connectivity index (χ1n) is 12.4. The summed E-state index contributed by atoms with van der Waals surface area (Å²) >= 11 is 1.85. The van der Waals surface area contributed by atoms with Gasteiger partial charge in [0.25, 0.3) is 0 Å². The molecule has 37 heavy (non-hydrogen) atoms. The molecule has 8 aromatic rings. The molecule has 0 spiro atoms. The zero-order chi connectivity index (χ0) is 24.3. The second-order valence-corrected chi connectivity index (χ2v) is 10.5. The third-order valence-corrected chi connectivity index (χ3v) is 8.39. The standard InChI is InChI=1S/C34H21NOS/c1-2-9-23(10-3-1)35(24-16-19-33-30(20-24)28-12-6-7-13-32(28)37-33)25-15-18-27-29-17-14-22-8-4-5-11-26(22)34(29)36-31(27)21-25/h1-21H. The highest BCUT2D eigenvalue weighted by Gasteiger charge is 2.17. The third-order valence-electron chi connectivity index (χ3n) is 7.24. The lowest BCUT2D eigenvalue weighted by molar-refractivity contribution is 0.672. The van der Waals surface area contributed by atoms with E-state index in [2.05, 4.69) is 132 Å². The van der Waals surface area contributed by atoms with E-state index in [0.29, 0.717) is 0 Å². The van der Waals surface area contributed by atoms with Crippen molar-refractivity contribution in [2.24, 2.45) is 0 Å². The van der Waals surface area contributed by atoms with Crippen molar-refractivity contribution < 1.29 is 4.42 Å². The number of anilines is 3. The van der Waals surface area contributed by atoms with Gasteiger partial charge in [0.1, 0.15) is 11.2 Å². The summed E-state index contributed by atoms with van der Waals surface area (Å²) in [5.74, 6) is 0. The molecule has 0 aliphatic rings. The lowest BCUT2D eigenvalue weighted by Gasteiger charge is -2.25. The smallest absolute Gasteiger partial charge is 0.143 e. The van der Waals surface area contributed by atoms with Crippen molar-refractivity contribution in [3.8, 4) is 0 Å². The Morgan fingerprint density at radius 2 is 1.16 bits per heavy atom. The van der Waals surface area contributed by atoms with Gasteiger partial charge in [-0.15, -0.1) is 11.3 Å². The summed E-state index contributed by atoms with van der Waals surface area (Å²) in [5, 5.41) is 7.21. The number of fused-ring (bicyclic) bond motifs is 8. The maximum absolute atomic E-state index is 6.52. The first-order chi connectivity index (χ1) is 18.3. The largest absolute Gasteiger partial charge is 0.455 e. The fraction of sp³-hybridized carbons (Fsp3) is 0. The van der Waals surface area contributed by atoms with E-state index in [4.69, 9.17) is 4.42 Å². The zero-order valence-corrected chi connectivity index (χ0v) is 20.7. The number of hydrogen-bond donors (Lipinski definition) is 0. The highest BCUT2D eigenvalue weighted by Crippen LogP contribution is 2.42. The van der Waals surface area contributed by atoms with Crippen LogP contribution in [0.2, 0.25) is 0 Å². The van der Waals surface area contributed by atoms with Crippen LogP contribution in [0.25, 0.3) is 52.9 Å². The van der Waals surface area contributed by atoms with Crippen LogP contribution < -0.4 is 4.90 Å².